The minimum atomic E-state index is 0.476. The van der Waals surface area contributed by atoms with E-state index in [0.29, 0.717) is 35.4 Å². The van der Waals surface area contributed by atoms with Crippen LogP contribution in [0.5, 0.6) is 0 Å². The zero-order valence-electron chi connectivity index (χ0n) is 12.2. The fraction of sp³-hybridized carbons (Fsp3) is 0.467. The molecule has 0 aliphatic carbocycles. The topological polar surface area (TPSA) is 54.2 Å². The van der Waals surface area contributed by atoms with Gasteiger partial charge in [0.1, 0.15) is 0 Å². The molecule has 0 bridgehead atoms. The first-order chi connectivity index (χ1) is 10.1. The van der Waals surface area contributed by atoms with E-state index in [2.05, 4.69) is 34.2 Å². The van der Waals surface area contributed by atoms with Gasteiger partial charge >= 0.3 is 0 Å². The summed E-state index contributed by atoms with van der Waals surface area (Å²) < 4.78 is 5.37. The summed E-state index contributed by atoms with van der Waals surface area (Å²) in [5, 5.41) is 8.22. The first-order valence-electron chi connectivity index (χ1n) is 7.17. The monoisotopic (exact) mass is 306 g/mol. The molecule has 2 heterocycles. The van der Waals surface area contributed by atoms with Crippen molar-refractivity contribution in [2.75, 3.05) is 13.1 Å². The summed E-state index contributed by atoms with van der Waals surface area (Å²) in [7, 11) is 0. The minimum absolute atomic E-state index is 0.476. The van der Waals surface area contributed by atoms with Gasteiger partial charge in [-0.2, -0.15) is 4.98 Å². The Labute approximate surface area is 129 Å². The van der Waals surface area contributed by atoms with Crippen molar-refractivity contribution in [3.05, 3.63) is 35.2 Å². The van der Waals surface area contributed by atoms with E-state index in [9.17, 15) is 0 Å². The highest BCUT2D eigenvalue weighted by Crippen LogP contribution is 2.20. The summed E-state index contributed by atoms with van der Waals surface area (Å²) in [4.78, 5) is 6.80. The summed E-state index contributed by atoms with van der Waals surface area (Å²) in [5.41, 5.74) is 0.875. The largest absolute Gasteiger partial charge is 0.338 e. The van der Waals surface area contributed by atoms with Gasteiger partial charge in [-0.15, -0.1) is 0 Å². The van der Waals surface area contributed by atoms with Crippen molar-refractivity contribution < 1.29 is 4.52 Å². The van der Waals surface area contributed by atoms with Gasteiger partial charge in [0.25, 0.3) is 0 Å². The zero-order chi connectivity index (χ0) is 14.8. The van der Waals surface area contributed by atoms with Gasteiger partial charge in [-0.25, -0.2) is 0 Å². The molecule has 1 aromatic carbocycles. The van der Waals surface area contributed by atoms with Gasteiger partial charge in [0.2, 0.25) is 11.7 Å². The van der Waals surface area contributed by atoms with Crippen LogP contribution in [0.15, 0.2) is 28.8 Å². The zero-order valence-corrected chi connectivity index (χ0v) is 13.0. The number of hydrogen-bond donors (Lipinski definition) is 1. The van der Waals surface area contributed by atoms with Gasteiger partial charge < -0.3 is 9.84 Å². The predicted octanol–water partition coefficient (Wildman–Crippen LogP) is 2.57. The van der Waals surface area contributed by atoms with E-state index in [1.807, 2.05) is 24.3 Å². The number of rotatable bonds is 3. The highest BCUT2D eigenvalue weighted by atomic mass is 35.5. The molecule has 6 heteroatoms. The summed E-state index contributed by atoms with van der Waals surface area (Å²) in [6.07, 6.45) is 0. The number of nitrogens with zero attached hydrogens (tertiary/aromatic N) is 3. The van der Waals surface area contributed by atoms with Crippen LogP contribution < -0.4 is 5.32 Å². The van der Waals surface area contributed by atoms with Crippen molar-refractivity contribution in [1.29, 1.82) is 0 Å². The fourth-order valence-corrected chi connectivity index (χ4v) is 3.01. The Morgan fingerprint density at radius 2 is 2.10 bits per heavy atom. The van der Waals surface area contributed by atoms with Crippen molar-refractivity contribution in [3.63, 3.8) is 0 Å². The fourth-order valence-electron chi connectivity index (χ4n) is 2.82. The molecule has 2 atom stereocenters. The highest BCUT2D eigenvalue weighted by molar-refractivity contribution is 6.30. The van der Waals surface area contributed by atoms with Crippen molar-refractivity contribution in [3.8, 4) is 11.4 Å². The van der Waals surface area contributed by atoms with Crippen LogP contribution in [0.3, 0.4) is 0 Å². The van der Waals surface area contributed by atoms with Gasteiger partial charge in [-0.05, 0) is 26.0 Å². The molecule has 2 aromatic rings. The van der Waals surface area contributed by atoms with E-state index in [0.717, 1.165) is 18.7 Å². The Hall–Kier alpha value is -1.43. The third kappa shape index (κ3) is 3.61. The second kappa shape index (κ2) is 6.13. The quantitative estimate of drug-likeness (QED) is 0.944. The number of benzene rings is 1. The molecular weight excluding hydrogens is 288 g/mol. The summed E-state index contributed by atoms with van der Waals surface area (Å²) in [6, 6.07) is 8.43. The van der Waals surface area contributed by atoms with Gasteiger partial charge in [0, 0.05) is 35.8 Å². The number of halogens is 1. The van der Waals surface area contributed by atoms with Crippen LogP contribution in [0.2, 0.25) is 5.02 Å². The molecule has 0 radical (unpaired) electrons. The Morgan fingerprint density at radius 1 is 1.33 bits per heavy atom. The molecule has 0 saturated carbocycles. The van der Waals surface area contributed by atoms with Crippen molar-refractivity contribution in [1.82, 2.24) is 20.4 Å². The lowest BCUT2D eigenvalue weighted by atomic mass is 10.1. The third-order valence-corrected chi connectivity index (χ3v) is 3.78. The van der Waals surface area contributed by atoms with Gasteiger partial charge in [0.15, 0.2) is 0 Å². The maximum absolute atomic E-state index is 5.99. The van der Waals surface area contributed by atoms with E-state index in [4.69, 9.17) is 16.1 Å². The van der Waals surface area contributed by atoms with Crippen molar-refractivity contribution in [2.24, 2.45) is 0 Å². The Balaban J connectivity index is 1.70. The number of aromatic nitrogens is 2. The van der Waals surface area contributed by atoms with Crippen molar-refractivity contribution >= 4 is 11.6 Å². The second-order valence-corrected chi connectivity index (χ2v) is 6.12. The summed E-state index contributed by atoms with van der Waals surface area (Å²) in [5.74, 6) is 1.23. The number of hydrogen-bond acceptors (Lipinski definition) is 5. The Morgan fingerprint density at radius 3 is 2.81 bits per heavy atom. The molecular formula is C15H19ClN4O. The average molecular weight is 307 g/mol. The molecule has 3 rings (SSSR count). The van der Waals surface area contributed by atoms with Crippen LogP contribution in [0.1, 0.15) is 19.7 Å². The number of nitrogens with one attached hydrogen (secondary N) is 1. The molecule has 1 aliphatic heterocycles. The van der Waals surface area contributed by atoms with E-state index in [1.165, 1.54) is 0 Å². The molecule has 21 heavy (non-hydrogen) atoms. The molecule has 2 unspecified atom stereocenters. The number of piperazine rings is 1. The standard InChI is InChI=1S/C15H19ClN4O/c1-10-7-20(8-11(2)17-10)9-14-18-15(19-21-14)12-4-3-5-13(16)6-12/h3-6,10-11,17H,7-9H2,1-2H3. The summed E-state index contributed by atoms with van der Waals surface area (Å²) >= 11 is 5.99. The molecule has 5 nitrogen and oxygen atoms in total. The second-order valence-electron chi connectivity index (χ2n) is 5.68. The van der Waals surface area contributed by atoms with E-state index in [-0.39, 0.29) is 0 Å². The van der Waals surface area contributed by atoms with E-state index < -0.39 is 0 Å². The first kappa shape index (κ1) is 14.5. The van der Waals surface area contributed by atoms with Crippen LogP contribution in [-0.2, 0) is 6.54 Å². The van der Waals surface area contributed by atoms with Crippen molar-refractivity contribution in [2.45, 2.75) is 32.5 Å². The van der Waals surface area contributed by atoms with Gasteiger partial charge in [0.05, 0.1) is 6.54 Å². The lowest BCUT2D eigenvalue weighted by molar-refractivity contribution is 0.149. The summed E-state index contributed by atoms with van der Waals surface area (Å²) in [6.45, 7) is 7.03. The molecule has 0 spiro atoms. The lowest BCUT2D eigenvalue weighted by Crippen LogP contribution is -2.53. The van der Waals surface area contributed by atoms with E-state index in [1.54, 1.807) is 0 Å². The van der Waals surface area contributed by atoms with Gasteiger partial charge in [-0.3, -0.25) is 4.90 Å². The van der Waals surface area contributed by atoms with Gasteiger partial charge in [-0.1, -0.05) is 28.9 Å². The van der Waals surface area contributed by atoms with Crippen LogP contribution in [-0.4, -0.2) is 40.2 Å². The lowest BCUT2D eigenvalue weighted by Gasteiger charge is -2.35. The molecule has 1 fully saturated rings. The molecule has 1 aromatic heterocycles. The van der Waals surface area contributed by atoms with Crippen LogP contribution in [0.4, 0.5) is 0 Å². The molecule has 0 amide bonds. The highest BCUT2D eigenvalue weighted by Gasteiger charge is 2.22. The normalized spacial score (nSPS) is 23.4. The minimum Gasteiger partial charge on any atom is -0.338 e. The maximum Gasteiger partial charge on any atom is 0.241 e. The van der Waals surface area contributed by atoms with Crippen LogP contribution >= 0.6 is 11.6 Å². The Kier molecular flexibility index (Phi) is 4.24. The van der Waals surface area contributed by atoms with Crippen LogP contribution in [0, 0.1) is 0 Å². The average Bonchev–Trinajstić information content (AvgIpc) is 2.86. The smallest absolute Gasteiger partial charge is 0.241 e. The van der Waals surface area contributed by atoms with E-state index >= 15 is 0 Å². The molecule has 1 N–H and O–H groups in total. The van der Waals surface area contributed by atoms with Crippen LogP contribution in [0.25, 0.3) is 11.4 Å². The SMILES string of the molecule is CC1CN(Cc2nc(-c3cccc(Cl)c3)no2)CC(C)N1. The first-order valence-corrected chi connectivity index (χ1v) is 7.55. The Bertz CT molecular complexity index is 605. The molecule has 112 valence electrons. The third-order valence-electron chi connectivity index (χ3n) is 3.54. The molecule has 1 saturated heterocycles. The maximum atomic E-state index is 5.99. The predicted molar refractivity (Wildman–Crippen MR) is 82.1 cm³/mol. The molecule has 1 aliphatic rings.